The molecule has 2 unspecified atom stereocenters. The monoisotopic (exact) mass is 1590 g/mol. The minimum absolute atomic E-state index is 0.108. The van der Waals surface area contributed by atoms with Crippen LogP contribution in [-0.4, -0.2) is 96.7 Å². The van der Waals surface area contributed by atoms with Gasteiger partial charge in [0.15, 0.2) is 12.2 Å². The number of rotatable bonds is 90. The first-order valence-corrected chi connectivity index (χ1v) is 49.6. The first kappa shape index (κ1) is 107. The van der Waals surface area contributed by atoms with E-state index >= 15 is 0 Å². The fraction of sp³-hybridized carbons (Fsp3) is 0.956. The Morgan fingerprint density at radius 2 is 0.422 bits per heavy atom. The molecule has 0 saturated heterocycles. The van der Waals surface area contributed by atoms with E-state index in [2.05, 4.69) is 34.6 Å². The molecule has 0 rings (SSSR count). The highest BCUT2D eigenvalue weighted by molar-refractivity contribution is 7.47. The minimum atomic E-state index is -4.97. The molecule has 0 aliphatic carbocycles. The van der Waals surface area contributed by atoms with Gasteiger partial charge in [-0.1, -0.05) is 439 Å². The minimum Gasteiger partial charge on any atom is -0.462 e. The summed E-state index contributed by atoms with van der Waals surface area (Å²) in [6, 6.07) is 0. The summed E-state index contributed by atoms with van der Waals surface area (Å²) in [6.07, 6.45) is 78.0. The van der Waals surface area contributed by atoms with Crippen LogP contribution in [-0.2, 0) is 65.4 Å². The van der Waals surface area contributed by atoms with Crippen molar-refractivity contribution in [3.63, 3.8) is 0 Å². The van der Waals surface area contributed by atoms with Gasteiger partial charge in [-0.15, -0.1) is 0 Å². The largest absolute Gasteiger partial charge is 0.472 e. The van der Waals surface area contributed by atoms with Crippen molar-refractivity contribution in [1.29, 1.82) is 0 Å². The van der Waals surface area contributed by atoms with Crippen molar-refractivity contribution in [2.45, 2.75) is 509 Å². The molecule has 0 fully saturated rings. The molecular formula is C90H176O17P2. The van der Waals surface area contributed by atoms with E-state index in [4.69, 9.17) is 37.0 Å². The van der Waals surface area contributed by atoms with Crippen LogP contribution in [0.3, 0.4) is 0 Å². The van der Waals surface area contributed by atoms with Gasteiger partial charge in [0.25, 0.3) is 0 Å². The van der Waals surface area contributed by atoms with Crippen LogP contribution in [0.1, 0.15) is 490 Å². The molecule has 109 heavy (non-hydrogen) atoms. The number of aliphatic hydroxyl groups excluding tert-OH is 1. The molecule has 0 bridgehead atoms. The second-order valence-electron chi connectivity index (χ2n) is 32.8. The van der Waals surface area contributed by atoms with Crippen LogP contribution in [0.25, 0.3) is 0 Å². The number of phosphoric acid groups is 2. The molecule has 0 aliphatic heterocycles. The number of unbranched alkanes of at least 4 members (excludes halogenated alkanes) is 62. The van der Waals surface area contributed by atoms with E-state index < -0.39 is 97.5 Å². The quantitative estimate of drug-likeness (QED) is 0.0222. The Kier molecular flexibility index (Phi) is 81.1. The number of carbonyl (C=O) groups excluding carboxylic acids is 4. The van der Waals surface area contributed by atoms with Gasteiger partial charge in [-0.25, -0.2) is 9.13 Å². The van der Waals surface area contributed by atoms with Gasteiger partial charge < -0.3 is 33.8 Å². The average Bonchev–Trinajstić information content (AvgIpc) is 0.899. The van der Waals surface area contributed by atoms with Crippen molar-refractivity contribution in [1.82, 2.24) is 0 Å². The number of hydrogen-bond acceptors (Lipinski definition) is 15. The summed E-state index contributed by atoms with van der Waals surface area (Å²) >= 11 is 0. The lowest BCUT2D eigenvalue weighted by molar-refractivity contribution is -0.161. The maximum Gasteiger partial charge on any atom is 0.472 e. The molecule has 0 aliphatic rings. The summed E-state index contributed by atoms with van der Waals surface area (Å²) in [4.78, 5) is 73.4. The van der Waals surface area contributed by atoms with Crippen LogP contribution in [0.4, 0.5) is 0 Å². The van der Waals surface area contributed by atoms with Crippen LogP contribution in [0.2, 0.25) is 0 Å². The molecule has 0 saturated carbocycles. The fourth-order valence-electron chi connectivity index (χ4n) is 14.2. The number of ether oxygens (including phenoxy) is 4. The summed E-state index contributed by atoms with van der Waals surface area (Å²) in [6.45, 7) is 7.35. The SMILES string of the molecule is CCCCCCCCCCCCCCCCCCCCCCCC(=O)O[C@H](COC(=O)CCCCCCCCCCCCCCCCCCCCCC)COP(=O)(O)OC[C@@H](O)COP(=O)(O)OC[C@@H](COC(=O)CCCCCCCCCCC(C)C)OC(=O)CCCCCCCCCCCCCCCCCCC. The van der Waals surface area contributed by atoms with E-state index in [0.717, 1.165) is 95.8 Å². The fourth-order valence-corrected chi connectivity index (χ4v) is 15.8. The van der Waals surface area contributed by atoms with Gasteiger partial charge in [0, 0.05) is 25.7 Å². The standard InChI is InChI=1S/C90H176O17P2/c1-6-9-12-15-18-21-24-27-30-33-35-37-39-42-45-48-51-54-61-66-71-75-89(94)106-85(79-100-87(92)73-68-63-58-52-49-46-43-41-38-36-34-31-28-25-22-19-16-13-10-7-2)81-104-108(96,97)102-77-84(91)78-103-109(98,99)105-82-86(80-101-88(93)74-69-64-59-56-55-57-62-67-72-83(4)5)107-90(95)76-70-65-60-53-50-47-44-40-32-29-26-23-20-17-14-11-8-3/h83-86,91H,6-82H2,1-5H3,(H,96,97)(H,98,99)/t84-,85-,86-/m1/s1. The Morgan fingerprint density at radius 3 is 0.624 bits per heavy atom. The van der Waals surface area contributed by atoms with E-state index in [-0.39, 0.29) is 25.7 Å². The molecule has 19 heteroatoms. The van der Waals surface area contributed by atoms with Crippen LogP contribution in [0.5, 0.6) is 0 Å². The number of hydrogen-bond donors (Lipinski definition) is 3. The summed E-state index contributed by atoms with van der Waals surface area (Å²) in [5, 5.41) is 10.7. The van der Waals surface area contributed by atoms with Crippen molar-refractivity contribution in [2.24, 2.45) is 5.92 Å². The van der Waals surface area contributed by atoms with Crippen LogP contribution >= 0.6 is 15.6 Å². The zero-order valence-corrected chi connectivity index (χ0v) is 73.5. The van der Waals surface area contributed by atoms with Crippen molar-refractivity contribution < 1.29 is 80.2 Å². The first-order chi connectivity index (χ1) is 53.0. The Labute approximate surface area is 670 Å². The summed E-state index contributed by atoms with van der Waals surface area (Å²) in [7, 11) is -9.93. The predicted octanol–water partition coefficient (Wildman–Crippen LogP) is 27.9. The molecule has 0 aromatic carbocycles. The maximum atomic E-state index is 13.2. The van der Waals surface area contributed by atoms with E-state index in [0.29, 0.717) is 25.7 Å². The molecule has 0 amide bonds. The lowest BCUT2D eigenvalue weighted by Crippen LogP contribution is -2.30. The summed E-state index contributed by atoms with van der Waals surface area (Å²) < 4.78 is 69.0. The predicted molar refractivity (Wildman–Crippen MR) is 451 cm³/mol. The maximum absolute atomic E-state index is 13.2. The molecule has 0 radical (unpaired) electrons. The number of phosphoric ester groups is 2. The highest BCUT2D eigenvalue weighted by atomic mass is 31.2. The Hall–Kier alpha value is -1.94. The van der Waals surface area contributed by atoms with Gasteiger partial charge >= 0.3 is 39.5 Å². The van der Waals surface area contributed by atoms with Gasteiger partial charge in [0.05, 0.1) is 26.4 Å². The lowest BCUT2D eigenvalue weighted by Gasteiger charge is -2.21. The van der Waals surface area contributed by atoms with Crippen molar-refractivity contribution in [3.05, 3.63) is 0 Å². The van der Waals surface area contributed by atoms with Gasteiger partial charge in [-0.3, -0.25) is 37.3 Å². The third-order valence-electron chi connectivity index (χ3n) is 21.3. The molecular weight excluding hydrogens is 1410 g/mol. The molecule has 17 nitrogen and oxygen atoms in total. The Morgan fingerprint density at radius 1 is 0.248 bits per heavy atom. The number of esters is 4. The molecule has 0 aromatic heterocycles. The van der Waals surface area contributed by atoms with Crippen molar-refractivity contribution in [3.8, 4) is 0 Å². The van der Waals surface area contributed by atoms with Gasteiger partial charge in [-0.05, 0) is 31.6 Å². The second-order valence-corrected chi connectivity index (χ2v) is 35.7. The normalized spacial score (nSPS) is 13.7. The zero-order valence-electron chi connectivity index (χ0n) is 71.7. The molecule has 5 atom stereocenters. The summed E-state index contributed by atoms with van der Waals surface area (Å²) in [5.41, 5.74) is 0. The van der Waals surface area contributed by atoms with Gasteiger partial charge in [0.1, 0.15) is 19.3 Å². The van der Waals surface area contributed by atoms with Crippen LogP contribution < -0.4 is 0 Å². The smallest absolute Gasteiger partial charge is 0.462 e. The summed E-state index contributed by atoms with van der Waals surface area (Å²) in [5.74, 6) is -1.37. The van der Waals surface area contributed by atoms with E-state index in [1.165, 1.54) is 315 Å². The molecule has 3 N–H and O–H groups in total. The number of aliphatic hydroxyl groups is 1. The van der Waals surface area contributed by atoms with Gasteiger partial charge in [-0.2, -0.15) is 0 Å². The van der Waals surface area contributed by atoms with Gasteiger partial charge in [0.2, 0.25) is 0 Å². The van der Waals surface area contributed by atoms with Crippen molar-refractivity contribution >= 4 is 39.5 Å². The lowest BCUT2D eigenvalue weighted by atomic mass is 10.0. The molecule has 0 aromatic rings. The highest BCUT2D eigenvalue weighted by Crippen LogP contribution is 2.45. The van der Waals surface area contributed by atoms with E-state index in [1.54, 1.807) is 0 Å². The molecule has 0 heterocycles. The first-order valence-electron chi connectivity index (χ1n) is 46.6. The second kappa shape index (κ2) is 82.6. The van der Waals surface area contributed by atoms with Crippen LogP contribution in [0, 0.1) is 5.92 Å². The van der Waals surface area contributed by atoms with E-state index in [9.17, 15) is 43.2 Å². The third-order valence-corrected chi connectivity index (χ3v) is 23.2. The third kappa shape index (κ3) is 83.8. The van der Waals surface area contributed by atoms with Crippen molar-refractivity contribution in [2.75, 3.05) is 39.6 Å². The Balaban J connectivity index is 5.23. The molecule has 0 spiro atoms. The Bertz CT molecular complexity index is 2070. The average molecular weight is 1590 g/mol. The number of carbonyl (C=O) groups is 4. The zero-order chi connectivity index (χ0) is 79.7. The molecule has 648 valence electrons. The topological polar surface area (TPSA) is 237 Å². The van der Waals surface area contributed by atoms with Crippen LogP contribution in [0.15, 0.2) is 0 Å². The highest BCUT2D eigenvalue weighted by Gasteiger charge is 2.31. The van der Waals surface area contributed by atoms with E-state index in [1.807, 2.05) is 0 Å².